The summed E-state index contributed by atoms with van der Waals surface area (Å²) in [5.41, 5.74) is 2.40. The van der Waals surface area contributed by atoms with Crippen LogP contribution in [0.3, 0.4) is 0 Å². The number of hydrogen-bond donors (Lipinski definition) is 1. The molecule has 0 unspecified atom stereocenters. The number of rotatable bonds is 8. The Labute approximate surface area is 156 Å². The maximum absolute atomic E-state index is 12.2. The number of nitrogens with one attached hydrogen (secondary N) is 1. The molecular formula is C20H23F3N2O2. The summed E-state index contributed by atoms with van der Waals surface area (Å²) in [6.45, 7) is 6.89. The van der Waals surface area contributed by atoms with Crippen LogP contribution in [0.2, 0.25) is 0 Å². The second-order valence-electron chi connectivity index (χ2n) is 6.08. The monoisotopic (exact) mass is 380 g/mol. The van der Waals surface area contributed by atoms with Crippen molar-refractivity contribution in [2.75, 3.05) is 18.4 Å². The van der Waals surface area contributed by atoms with Crippen LogP contribution in [-0.2, 0) is 17.8 Å². The highest BCUT2D eigenvalue weighted by atomic mass is 19.4. The van der Waals surface area contributed by atoms with Crippen molar-refractivity contribution in [3.05, 3.63) is 59.7 Å². The molecule has 0 radical (unpaired) electrons. The molecule has 0 aliphatic carbocycles. The second kappa shape index (κ2) is 9.41. The summed E-state index contributed by atoms with van der Waals surface area (Å²) in [6.07, 6.45) is -4.67. The summed E-state index contributed by atoms with van der Waals surface area (Å²) < 4.78 is 40.3. The average molecular weight is 380 g/mol. The zero-order valence-corrected chi connectivity index (χ0v) is 15.3. The highest BCUT2D eigenvalue weighted by molar-refractivity contribution is 5.92. The summed E-state index contributed by atoms with van der Waals surface area (Å²) in [6, 6.07) is 12.9. The van der Waals surface area contributed by atoms with E-state index in [1.54, 1.807) is 0 Å². The number of nitrogens with zero attached hydrogens (tertiary/aromatic N) is 1. The molecule has 2 rings (SSSR count). The number of halogens is 3. The van der Waals surface area contributed by atoms with Gasteiger partial charge in [-0.1, -0.05) is 38.1 Å². The van der Waals surface area contributed by atoms with Crippen LogP contribution in [0.4, 0.5) is 18.9 Å². The first-order chi connectivity index (χ1) is 12.8. The lowest BCUT2D eigenvalue weighted by Crippen LogP contribution is -2.22. The first-order valence-electron chi connectivity index (χ1n) is 8.75. The van der Waals surface area contributed by atoms with Crippen molar-refractivity contribution in [3.63, 3.8) is 0 Å². The third-order valence-electron chi connectivity index (χ3n) is 4.03. The van der Waals surface area contributed by atoms with Crippen LogP contribution < -0.4 is 10.1 Å². The first kappa shape index (κ1) is 20.8. The fourth-order valence-electron chi connectivity index (χ4n) is 2.65. The molecule has 0 heterocycles. The number of carbonyl (C=O) groups excluding carboxylic acids is 1. The Kier molecular flexibility index (Phi) is 7.24. The lowest BCUT2D eigenvalue weighted by molar-refractivity contribution is -0.274. The van der Waals surface area contributed by atoms with Crippen molar-refractivity contribution in [1.29, 1.82) is 0 Å². The van der Waals surface area contributed by atoms with Crippen LogP contribution >= 0.6 is 0 Å². The third kappa shape index (κ3) is 7.30. The topological polar surface area (TPSA) is 41.6 Å². The van der Waals surface area contributed by atoms with Crippen LogP contribution in [0.15, 0.2) is 48.5 Å². The van der Waals surface area contributed by atoms with Crippen LogP contribution in [0.25, 0.3) is 0 Å². The minimum absolute atomic E-state index is 0.0621. The number of hydrogen-bond acceptors (Lipinski definition) is 3. The number of carbonyl (C=O) groups is 1. The normalized spacial score (nSPS) is 11.5. The van der Waals surface area contributed by atoms with Crippen molar-refractivity contribution >= 4 is 11.6 Å². The minimum Gasteiger partial charge on any atom is -0.406 e. The molecule has 2 aromatic rings. The van der Waals surface area contributed by atoms with Crippen LogP contribution in [0, 0.1) is 0 Å². The number of alkyl halides is 3. The van der Waals surface area contributed by atoms with Gasteiger partial charge in [0.2, 0.25) is 5.91 Å². The third-order valence-corrected chi connectivity index (χ3v) is 4.03. The first-order valence-corrected chi connectivity index (χ1v) is 8.75. The molecule has 7 heteroatoms. The van der Waals surface area contributed by atoms with E-state index < -0.39 is 6.36 Å². The van der Waals surface area contributed by atoms with Crippen molar-refractivity contribution in [2.45, 2.75) is 33.2 Å². The molecule has 0 saturated heterocycles. The summed E-state index contributed by atoms with van der Waals surface area (Å²) in [5.74, 6) is -0.546. The predicted molar refractivity (Wildman–Crippen MR) is 98.5 cm³/mol. The Morgan fingerprint density at radius 1 is 1.04 bits per heavy atom. The molecule has 4 nitrogen and oxygen atoms in total. The van der Waals surface area contributed by atoms with Gasteiger partial charge in [-0.2, -0.15) is 0 Å². The maximum Gasteiger partial charge on any atom is 0.573 e. The van der Waals surface area contributed by atoms with Gasteiger partial charge in [0, 0.05) is 12.2 Å². The van der Waals surface area contributed by atoms with Gasteiger partial charge in [-0.15, -0.1) is 13.2 Å². The van der Waals surface area contributed by atoms with Gasteiger partial charge in [-0.25, -0.2) is 0 Å². The molecule has 0 bridgehead atoms. The van der Waals surface area contributed by atoms with Crippen molar-refractivity contribution in [3.8, 4) is 5.75 Å². The Bertz CT molecular complexity index is 742. The zero-order valence-electron chi connectivity index (χ0n) is 15.3. The molecule has 0 aromatic heterocycles. The van der Waals surface area contributed by atoms with Gasteiger partial charge < -0.3 is 10.1 Å². The highest BCUT2D eigenvalue weighted by Crippen LogP contribution is 2.23. The number of ether oxygens (including phenoxy) is 1. The van der Waals surface area contributed by atoms with E-state index in [0.29, 0.717) is 11.3 Å². The van der Waals surface area contributed by atoms with Crippen LogP contribution in [0.1, 0.15) is 25.0 Å². The zero-order chi connectivity index (χ0) is 19.9. The van der Waals surface area contributed by atoms with E-state index >= 15 is 0 Å². The molecule has 0 aliphatic heterocycles. The molecule has 0 fully saturated rings. The number of benzene rings is 2. The van der Waals surface area contributed by atoms with E-state index in [0.717, 1.165) is 25.2 Å². The van der Waals surface area contributed by atoms with Gasteiger partial charge in [0.1, 0.15) is 5.75 Å². The molecule has 0 aliphatic rings. The number of anilines is 1. The molecule has 146 valence electrons. The van der Waals surface area contributed by atoms with Crippen molar-refractivity contribution in [1.82, 2.24) is 4.90 Å². The smallest absolute Gasteiger partial charge is 0.406 e. The van der Waals surface area contributed by atoms with Gasteiger partial charge in [-0.05, 0) is 48.5 Å². The fraction of sp³-hybridized carbons (Fsp3) is 0.350. The summed E-state index contributed by atoms with van der Waals surface area (Å²) in [7, 11) is 0. The van der Waals surface area contributed by atoms with Gasteiger partial charge in [0.15, 0.2) is 0 Å². The van der Waals surface area contributed by atoms with E-state index in [1.807, 2.05) is 24.3 Å². The molecule has 0 atom stereocenters. The van der Waals surface area contributed by atoms with Gasteiger partial charge >= 0.3 is 6.36 Å². The summed E-state index contributed by atoms with van der Waals surface area (Å²) in [4.78, 5) is 14.5. The van der Waals surface area contributed by atoms with Gasteiger partial charge in [0.05, 0.1) is 6.42 Å². The molecule has 0 spiro atoms. The Morgan fingerprint density at radius 2 is 1.70 bits per heavy atom. The van der Waals surface area contributed by atoms with E-state index in [-0.39, 0.29) is 18.1 Å². The van der Waals surface area contributed by atoms with Crippen molar-refractivity contribution in [2.24, 2.45) is 0 Å². The Morgan fingerprint density at radius 3 is 2.30 bits per heavy atom. The molecule has 1 amide bonds. The summed E-state index contributed by atoms with van der Waals surface area (Å²) in [5, 5.41) is 2.82. The fourth-order valence-corrected chi connectivity index (χ4v) is 2.65. The SMILES string of the molecule is CCN(CC)Cc1cccc(NC(=O)Cc2ccc(OC(F)(F)F)cc2)c1. The van der Waals surface area contributed by atoms with Gasteiger partial charge in [0.25, 0.3) is 0 Å². The standard InChI is InChI=1S/C20H23F3N2O2/c1-3-25(4-2)14-16-6-5-7-17(12-16)24-19(26)13-15-8-10-18(11-9-15)27-20(21,22)23/h5-12H,3-4,13-14H2,1-2H3,(H,24,26). The van der Waals surface area contributed by atoms with Gasteiger partial charge in [-0.3, -0.25) is 9.69 Å². The molecular weight excluding hydrogens is 357 g/mol. The molecule has 1 N–H and O–H groups in total. The Balaban J connectivity index is 1.93. The highest BCUT2D eigenvalue weighted by Gasteiger charge is 2.30. The van der Waals surface area contributed by atoms with Crippen LogP contribution in [0.5, 0.6) is 5.75 Å². The van der Waals surface area contributed by atoms with Crippen molar-refractivity contribution < 1.29 is 22.7 Å². The number of amides is 1. The quantitative estimate of drug-likeness (QED) is 0.727. The largest absolute Gasteiger partial charge is 0.573 e. The maximum atomic E-state index is 12.2. The summed E-state index contributed by atoms with van der Waals surface area (Å²) >= 11 is 0. The van der Waals surface area contributed by atoms with E-state index in [1.165, 1.54) is 24.3 Å². The van der Waals surface area contributed by atoms with E-state index in [4.69, 9.17) is 0 Å². The van der Waals surface area contributed by atoms with Crippen LogP contribution in [-0.4, -0.2) is 30.3 Å². The molecule has 2 aromatic carbocycles. The molecule has 27 heavy (non-hydrogen) atoms. The van der Waals surface area contributed by atoms with E-state index in [9.17, 15) is 18.0 Å². The lowest BCUT2D eigenvalue weighted by atomic mass is 10.1. The average Bonchev–Trinajstić information content (AvgIpc) is 2.60. The minimum atomic E-state index is -4.73. The molecule has 0 saturated carbocycles. The predicted octanol–water partition coefficient (Wildman–Crippen LogP) is 4.61. The lowest BCUT2D eigenvalue weighted by Gasteiger charge is -2.18. The second-order valence-corrected chi connectivity index (χ2v) is 6.08. The Hall–Kier alpha value is -2.54. The van der Waals surface area contributed by atoms with E-state index in [2.05, 4.69) is 28.8 Å².